The molecule has 5 nitrogen and oxygen atoms in total. The lowest BCUT2D eigenvalue weighted by Gasteiger charge is -2.21. The Labute approximate surface area is 202 Å². The number of aryl methyl sites for hydroxylation is 2. The average molecular weight is 455 g/mol. The number of ether oxygens (including phenoxy) is 1. The molecule has 0 unspecified atom stereocenters. The van der Waals surface area contributed by atoms with E-state index in [1.807, 2.05) is 12.1 Å². The number of rotatable bonds is 5. The number of methoxy groups -OCH3 is 1. The van der Waals surface area contributed by atoms with Crippen LogP contribution < -0.4 is 4.74 Å². The molecular weight excluding hydrogens is 420 g/mol. The van der Waals surface area contributed by atoms with Crippen LogP contribution in [0.25, 0.3) is 28.0 Å². The summed E-state index contributed by atoms with van der Waals surface area (Å²) in [5, 5.41) is 0. The Morgan fingerprint density at radius 3 is 2.35 bits per heavy atom. The molecule has 0 amide bonds. The smallest absolute Gasteiger partial charge is 0.137 e. The van der Waals surface area contributed by atoms with E-state index in [2.05, 4.69) is 83.8 Å². The molecule has 5 rings (SSSR count). The van der Waals surface area contributed by atoms with Gasteiger partial charge in [-0.1, -0.05) is 18.2 Å². The van der Waals surface area contributed by atoms with Crippen molar-refractivity contribution >= 4 is 5.65 Å². The van der Waals surface area contributed by atoms with Gasteiger partial charge in [-0.2, -0.15) is 0 Å². The minimum Gasteiger partial charge on any atom is -0.497 e. The Balaban J connectivity index is 1.60. The number of benzene rings is 2. The number of pyridine rings is 1. The first kappa shape index (κ1) is 22.6. The third kappa shape index (κ3) is 4.59. The molecule has 1 aliphatic heterocycles. The van der Waals surface area contributed by atoms with Gasteiger partial charge >= 0.3 is 0 Å². The molecule has 2 aromatic carbocycles. The summed E-state index contributed by atoms with van der Waals surface area (Å²) in [4.78, 5) is 10.1. The first-order valence-electron chi connectivity index (χ1n) is 12.2. The molecule has 3 heterocycles. The molecule has 0 N–H and O–H groups in total. The van der Waals surface area contributed by atoms with E-state index in [-0.39, 0.29) is 0 Å². The van der Waals surface area contributed by atoms with Gasteiger partial charge in [-0.05, 0) is 99.1 Å². The second-order valence-corrected chi connectivity index (χ2v) is 9.51. The van der Waals surface area contributed by atoms with Crippen LogP contribution in [0.2, 0.25) is 0 Å². The van der Waals surface area contributed by atoms with Gasteiger partial charge in [0.15, 0.2) is 0 Å². The number of hydrogen-bond acceptors (Lipinski definition) is 4. The summed E-state index contributed by atoms with van der Waals surface area (Å²) in [5.74, 6) is 0.863. The Morgan fingerprint density at radius 1 is 0.824 bits per heavy atom. The predicted molar refractivity (Wildman–Crippen MR) is 139 cm³/mol. The molecule has 4 aromatic rings. The van der Waals surface area contributed by atoms with E-state index < -0.39 is 0 Å². The van der Waals surface area contributed by atoms with Gasteiger partial charge in [-0.25, -0.2) is 4.98 Å². The van der Waals surface area contributed by atoms with Gasteiger partial charge in [-0.15, -0.1) is 0 Å². The molecule has 0 spiro atoms. The highest BCUT2D eigenvalue weighted by Gasteiger charge is 2.20. The van der Waals surface area contributed by atoms with Crippen LogP contribution in [0.3, 0.4) is 0 Å². The van der Waals surface area contributed by atoms with E-state index in [9.17, 15) is 0 Å². The number of likely N-dealkylation sites (N-methyl/N-ethyl adjacent to an activating group) is 1. The maximum absolute atomic E-state index is 5.38. The van der Waals surface area contributed by atoms with E-state index in [4.69, 9.17) is 9.72 Å². The van der Waals surface area contributed by atoms with E-state index >= 15 is 0 Å². The summed E-state index contributed by atoms with van der Waals surface area (Å²) in [7, 11) is 3.92. The monoisotopic (exact) mass is 454 g/mol. The Hall–Kier alpha value is -3.15. The first-order chi connectivity index (χ1) is 16.5. The third-order valence-corrected chi connectivity index (χ3v) is 7.11. The van der Waals surface area contributed by atoms with E-state index in [0.717, 1.165) is 55.4 Å². The Bertz CT molecular complexity index is 1290. The summed E-state index contributed by atoms with van der Waals surface area (Å²) in [5.41, 5.74) is 9.50. The summed E-state index contributed by atoms with van der Waals surface area (Å²) < 4.78 is 7.69. The molecule has 0 atom stereocenters. The molecule has 5 heteroatoms. The lowest BCUT2D eigenvalue weighted by atomic mass is 10.0. The lowest BCUT2D eigenvalue weighted by Crippen LogP contribution is -2.29. The van der Waals surface area contributed by atoms with Crippen molar-refractivity contribution in [3.8, 4) is 28.1 Å². The van der Waals surface area contributed by atoms with Crippen LogP contribution in [0.5, 0.6) is 5.75 Å². The van der Waals surface area contributed by atoms with E-state index in [1.54, 1.807) is 7.11 Å². The third-order valence-electron chi connectivity index (χ3n) is 7.11. The molecule has 0 aliphatic carbocycles. The van der Waals surface area contributed by atoms with E-state index in [0.29, 0.717) is 0 Å². The van der Waals surface area contributed by atoms with Crippen molar-refractivity contribution < 1.29 is 4.74 Å². The van der Waals surface area contributed by atoms with Crippen molar-refractivity contribution in [1.82, 2.24) is 19.2 Å². The highest BCUT2D eigenvalue weighted by Crippen LogP contribution is 2.30. The van der Waals surface area contributed by atoms with Crippen LogP contribution in [0.4, 0.5) is 0 Å². The molecule has 176 valence electrons. The van der Waals surface area contributed by atoms with Crippen LogP contribution in [0, 0.1) is 13.8 Å². The van der Waals surface area contributed by atoms with Crippen molar-refractivity contribution in [2.75, 3.05) is 40.3 Å². The molecule has 34 heavy (non-hydrogen) atoms. The van der Waals surface area contributed by atoms with Crippen molar-refractivity contribution in [3.63, 3.8) is 0 Å². The van der Waals surface area contributed by atoms with Crippen molar-refractivity contribution in [3.05, 3.63) is 77.6 Å². The average Bonchev–Trinajstić information content (AvgIpc) is 3.07. The molecule has 2 aromatic heterocycles. The van der Waals surface area contributed by atoms with Gasteiger partial charge in [0.2, 0.25) is 0 Å². The second kappa shape index (κ2) is 9.61. The summed E-state index contributed by atoms with van der Waals surface area (Å²) in [6.45, 7) is 9.66. The topological polar surface area (TPSA) is 33.0 Å². The quantitative estimate of drug-likeness (QED) is 0.403. The van der Waals surface area contributed by atoms with Gasteiger partial charge in [0, 0.05) is 31.4 Å². The molecule has 1 fully saturated rings. The number of imidazole rings is 1. The molecular formula is C29H34N4O. The van der Waals surface area contributed by atoms with Gasteiger partial charge in [0.05, 0.1) is 18.5 Å². The highest BCUT2D eigenvalue weighted by atomic mass is 16.5. The number of nitrogens with zero attached hydrogens (tertiary/aromatic N) is 4. The number of fused-ring (bicyclic) bond motifs is 1. The van der Waals surface area contributed by atoms with Crippen molar-refractivity contribution in [2.45, 2.75) is 26.8 Å². The van der Waals surface area contributed by atoms with Crippen molar-refractivity contribution in [1.29, 1.82) is 0 Å². The fourth-order valence-electron chi connectivity index (χ4n) is 4.79. The Kier molecular flexibility index (Phi) is 6.40. The van der Waals surface area contributed by atoms with Crippen molar-refractivity contribution in [2.24, 2.45) is 0 Å². The minimum absolute atomic E-state index is 0.863. The Morgan fingerprint density at radius 2 is 1.59 bits per heavy atom. The summed E-state index contributed by atoms with van der Waals surface area (Å²) >= 11 is 0. The SMILES string of the molecule is COc1ccc(-c2nc3ccc(-c4ccc(C)c(C)c4)cn3c2CN2CCCN(C)CC2)cc1. The van der Waals surface area contributed by atoms with Crippen LogP contribution in [-0.4, -0.2) is 59.5 Å². The molecule has 0 bridgehead atoms. The predicted octanol–water partition coefficient (Wildman–Crippen LogP) is 5.43. The summed E-state index contributed by atoms with van der Waals surface area (Å²) in [6.07, 6.45) is 3.46. The van der Waals surface area contributed by atoms with Crippen LogP contribution in [0.1, 0.15) is 23.2 Å². The fourth-order valence-corrected chi connectivity index (χ4v) is 4.79. The number of hydrogen-bond donors (Lipinski definition) is 0. The zero-order chi connectivity index (χ0) is 23.7. The fraction of sp³-hybridized carbons (Fsp3) is 0.345. The number of aromatic nitrogens is 2. The maximum atomic E-state index is 5.38. The summed E-state index contributed by atoms with van der Waals surface area (Å²) in [6, 6.07) is 19.3. The first-order valence-corrected chi connectivity index (χ1v) is 12.2. The second-order valence-electron chi connectivity index (χ2n) is 9.51. The van der Waals surface area contributed by atoms with Gasteiger partial charge in [0.25, 0.3) is 0 Å². The lowest BCUT2D eigenvalue weighted by molar-refractivity contribution is 0.266. The largest absolute Gasteiger partial charge is 0.497 e. The molecule has 1 saturated heterocycles. The van der Waals surface area contributed by atoms with Gasteiger partial charge in [-0.3, -0.25) is 4.90 Å². The van der Waals surface area contributed by atoms with Crippen LogP contribution in [0.15, 0.2) is 60.8 Å². The standard InChI is InChI=1S/C29H34N4O/c1-21-6-7-24(18-22(21)2)25-10-13-28-30-29(23-8-11-26(34-4)12-9-23)27(33(28)19-25)20-32-15-5-14-31(3)16-17-32/h6-13,18-19H,5,14-17,20H2,1-4H3. The van der Waals surface area contributed by atoms with Gasteiger partial charge in [0.1, 0.15) is 11.4 Å². The van der Waals surface area contributed by atoms with E-state index in [1.165, 1.54) is 34.4 Å². The highest BCUT2D eigenvalue weighted by molar-refractivity contribution is 5.71. The molecule has 0 saturated carbocycles. The minimum atomic E-state index is 0.863. The van der Waals surface area contributed by atoms with Crippen LogP contribution in [-0.2, 0) is 6.54 Å². The molecule has 1 aliphatic rings. The van der Waals surface area contributed by atoms with Crippen LogP contribution >= 0.6 is 0 Å². The normalized spacial score (nSPS) is 15.5. The maximum Gasteiger partial charge on any atom is 0.137 e. The molecule has 0 radical (unpaired) electrons. The zero-order valence-corrected chi connectivity index (χ0v) is 20.7. The zero-order valence-electron chi connectivity index (χ0n) is 20.7. The van der Waals surface area contributed by atoms with Gasteiger partial charge < -0.3 is 14.0 Å².